The molecule has 2 aromatic heterocycles. The summed E-state index contributed by atoms with van der Waals surface area (Å²) in [6.45, 7) is 21.8. The summed E-state index contributed by atoms with van der Waals surface area (Å²) in [7, 11) is 0. The van der Waals surface area contributed by atoms with Gasteiger partial charge in [-0.25, -0.2) is 0 Å². The van der Waals surface area contributed by atoms with Gasteiger partial charge in [-0.2, -0.15) is 0 Å². The van der Waals surface area contributed by atoms with Crippen LogP contribution in [0.15, 0.2) is 161 Å². The predicted octanol–water partition coefficient (Wildman–Crippen LogP) is 11.1. The Labute approximate surface area is 609 Å². The molecule has 21 nitrogen and oxygen atoms in total. The van der Waals surface area contributed by atoms with Crippen molar-refractivity contribution in [2.24, 2.45) is 0 Å². The zero-order valence-corrected chi connectivity index (χ0v) is 61.4. The zero-order valence-electron chi connectivity index (χ0n) is 60.7. The molecule has 6 aromatic carbocycles. The van der Waals surface area contributed by atoms with Crippen LogP contribution in [-0.4, -0.2) is 145 Å². The molecule has 103 heavy (non-hydrogen) atoms. The van der Waals surface area contributed by atoms with Crippen molar-refractivity contribution in [1.29, 1.82) is 0 Å². The number of carbonyl (C=O) groups excluding carboxylic acids is 6. The average Bonchev–Trinajstić information content (AvgIpc) is 1.21. The number of halogens is 1. The molecule has 10 rings (SSSR count). The first kappa shape index (κ1) is 80.9. The van der Waals surface area contributed by atoms with Crippen molar-refractivity contribution in [3.63, 3.8) is 0 Å². The van der Waals surface area contributed by atoms with Crippen molar-refractivity contribution in [3.05, 3.63) is 252 Å². The number of anilines is 1. The quantitative estimate of drug-likeness (QED) is 0.0225. The highest BCUT2D eigenvalue weighted by Gasteiger charge is 2.28. The molecule has 550 valence electrons. The number of aliphatic hydroxyl groups excluding tert-OH is 4. The van der Waals surface area contributed by atoms with Crippen molar-refractivity contribution in [1.82, 2.24) is 31.9 Å². The van der Waals surface area contributed by atoms with E-state index in [2.05, 4.69) is 80.4 Å². The van der Waals surface area contributed by atoms with E-state index in [0.717, 1.165) is 77.4 Å². The van der Waals surface area contributed by atoms with Gasteiger partial charge in [0.05, 0.1) is 75.3 Å². The fraction of sp³-hybridized carbons (Fsp3) is 0.383. The van der Waals surface area contributed by atoms with E-state index >= 15 is 0 Å². The molecule has 2 fully saturated rings. The van der Waals surface area contributed by atoms with Gasteiger partial charge in [0.2, 0.25) is 0 Å². The Morgan fingerprint density at radius 1 is 0.476 bits per heavy atom. The van der Waals surface area contributed by atoms with Crippen LogP contribution < -0.4 is 36.8 Å². The van der Waals surface area contributed by atoms with E-state index in [1.54, 1.807) is 89.6 Å². The third-order valence-corrected chi connectivity index (χ3v) is 17.9. The number of benzene rings is 6. The number of furan rings is 2. The van der Waals surface area contributed by atoms with Gasteiger partial charge in [-0.3, -0.25) is 28.8 Å². The van der Waals surface area contributed by atoms with E-state index in [0.29, 0.717) is 89.7 Å². The summed E-state index contributed by atoms with van der Waals surface area (Å²) in [4.78, 5) is 77.2. The van der Waals surface area contributed by atoms with Crippen molar-refractivity contribution in [2.75, 3.05) is 70.7 Å². The zero-order chi connectivity index (χ0) is 74.8. The number of nitrogens with zero attached hydrogens (tertiary/aromatic N) is 1. The van der Waals surface area contributed by atoms with Gasteiger partial charge in [0.1, 0.15) is 11.5 Å². The number of ether oxygens (including phenoxy) is 2. The SMILES string of the molecule is CC(C)(CO)NC(=O)c1cccc(C(=O)NC(C)(C)CO)c1.Cc1cc(C)c(C(=O)NCC2CCCO2)c(C)c1C(=O)NCC1CCCO1.Cc1cc(C)c(C(=O)NCc2ccco2)c(C)c1C(=O)NCc1ccco1.OCCN(CCO)c1ccc(C(c2ccccc2)c2ccc(Cl)cc2)cc1. The molecule has 2 aliphatic rings. The molecule has 0 radical (unpaired) electrons. The molecule has 0 aliphatic carbocycles. The van der Waals surface area contributed by atoms with Crippen molar-refractivity contribution >= 4 is 52.7 Å². The lowest BCUT2D eigenvalue weighted by atomic mass is 9.85. The minimum absolute atomic E-state index is 0.0547. The lowest BCUT2D eigenvalue weighted by Crippen LogP contribution is -2.47. The number of amides is 6. The van der Waals surface area contributed by atoms with Crippen molar-refractivity contribution in [3.8, 4) is 0 Å². The first-order chi connectivity index (χ1) is 49.3. The number of aryl methyl sites for hydroxylation is 4. The van der Waals surface area contributed by atoms with Crippen LogP contribution in [0.25, 0.3) is 0 Å². The summed E-state index contributed by atoms with van der Waals surface area (Å²) in [6.07, 6.45) is 7.34. The van der Waals surface area contributed by atoms with E-state index in [4.69, 9.17) is 29.9 Å². The second-order valence-corrected chi connectivity index (χ2v) is 27.4. The average molecular weight is 1430 g/mol. The molecule has 10 N–H and O–H groups in total. The number of rotatable bonds is 26. The molecule has 6 amide bonds. The Bertz CT molecular complexity index is 3880. The second kappa shape index (κ2) is 39.3. The van der Waals surface area contributed by atoms with Crippen LogP contribution in [0.4, 0.5) is 5.69 Å². The fourth-order valence-electron chi connectivity index (χ4n) is 12.3. The van der Waals surface area contributed by atoms with Crippen LogP contribution in [-0.2, 0) is 22.6 Å². The van der Waals surface area contributed by atoms with Gasteiger partial charge in [-0.05, 0) is 212 Å². The van der Waals surface area contributed by atoms with Gasteiger partial charge >= 0.3 is 0 Å². The minimum atomic E-state index is -0.742. The standard InChI is InChI=1S/C23H24ClNO2.C21H30N2O4.C21H22N2O4.C16H24N2O4/c24-21-10-6-19(7-11-21)23(18-4-2-1-3-5-18)20-8-12-22(13-9-20)25(14-16-26)15-17-27;2*1-13-10-14(2)19(21(25)23-12-17-7-5-9-27-17)15(3)18(13)20(24)22-11-16-6-4-8-26-16;1-15(2,9-19)17-13(21)11-6-5-7-12(8-11)14(22)18-16(3,4)10-20/h1-13,23,26-27H,14-17H2;10,16-17H,4-9,11-12H2,1-3H3,(H,22,24)(H,23,25);4-10H,11-12H2,1-3H3,(H,22,24)(H,23,25);5-8,19-20H,9-10H2,1-4H3,(H,17,21)(H,18,22). The molecular formula is C81H100ClN7O14. The molecular weight excluding hydrogens is 1330 g/mol. The first-order valence-corrected chi connectivity index (χ1v) is 35.1. The van der Waals surface area contributed by atoms with Gasteiger partial charge in [-0.15, -0.1) is 0 Å². The third kappa shape index (κ3) is 23.8. The smallest absolute Gasteiger partial charge is 0.252 e. The first-order valence-electron chi connectivity index (χ1n) is 34.7. The molecule has 0 bridgehead atoms. The highest BCUT2D eigenvalue weighted by Crippen LogP contribution is 2.34. The number of nitrogens with one attached hydrogen (secondary N) is 6. The van der Waals surface area contributed by atoms with Crippen LogP contribution in [0, 0.1) is 41.5 Å². The molecule has 8 aromatic rings. The van der Waals surface area contributed by atoms with Crippen LogP contribution in [0.2, 0.25) is 5.02 Å². The van der Waals surface area contributed by atoms with Gasteiger partial charge in [0.15, 0.2) is 0 Å². The molecule has 3 unspecified atom stereocenters. The summed E-state index contributed by atoms with van der Waals surface area (Å²) in [5, 5.41) is 54.6. The summed E-state index contributed by atoms with van der Waals surface area (Å²) in [5.41, 5.74) is 10.7. The molecule has 2 aliphatic heterocycles. The Balaban J connectivity index is 0.000000193. The maximum Gasteiger partial charge on any atom is 0.252 e. The Kier molecular flexibility index (Phi) is 30.8. The van der Waals surface area contributed by atoms with E-state index < -0.39 is 11.1 Å². The van der Waals surface area contributed by atoms with Gasteiger partial charge in [-0.1, -0.05) is 84.4 Å². The number of aliphatic hydroxyl groups is 4. The van der Waals surface area contributed by atoms with Crippen LogP contribution in [0.3, 0.4) is 0 Å². The minimum Gasteiger partial charge on any atom is -0.467 e. The molecule has 0 spiro atoms. The van der Waals surface area contributed by atoms with E-state index in [1.165, 1.54) is 22.8 Å². The Morgan fingerprint density at radius 2 is 0.864 bits per heavy atom. The summed E-state index contributed by atoms with van der Waals surface area (Å²) >= 11 is 6.08. The summed E-state index contributed by atoms with van der Waals surface area (Å²) in [5.74, 6) is -0.0402. The predicted molar refractivity (Wildman–Crippen MR) is 399 cm³/mol. The fourth-order valence-corrected chi connectivity index (χ4v) is 12.4. The van der Waals surface area contributed by atoms with Crippen LogP contribution in [0.5, 0.6) is 0 Å². The van der Waals surface area contributed by atoms with Crippen LogP contribution in [0.1, 0.15) is 183 Å². The second-order valence-electron chi connectivity index (χ2n) is 27.0. The molecule has 3 atom stereocenters. The normalized spacial score (nSPS) is 14.2. The topological polar surface area (TPSA) is 304 Å². The monoisotopic (exact) mass is 1430 g/mol. The van der Waals surface area contributed by atoms with Crippen molar-refractivity contribution < 1.29 is 67.5 Å². The summed E-state index contributed by atoms with van der Waals surface area (Å²) in [6, 6.07) is 43.9. The third-order valence-electron chi connectivity index (χ3n) is 17.6. The van der Waals surface area contributed by atoms with Gasteiger partial charge in [0, 0.05) is 89.4 Å². The molecule has 0 saturated carbocycles. The van der Waals surface area contributed by atoms with Gasteiger partial charge in [0.25, 0.3) is 35.4 Å². The molecule has 4 heterocycles. The number of carbonyl (C=O) groups is 6. The highest BCUT2D eigenvalue weighted by molar-refractivity contribution is 6.30. The Morgan fingerprint density at radius 3 is 1.22 bits per heavy atom. The van der Waals surface area contributed by atoms with E-state index in [-0.39, 0.29) is 80.0 Å². The molecule has 2 saturated heterocycles. The summed E-state index contributed by atoms with van der Waals surface area (Å²) < 4.78 is 21.6. The maximum atomic E-state index is 12.8. The van der Waals surface area contributed by atoms with Crippen molar-refractivity contribution in [2.45, 2.75) is 137 Å². The Hall–Kier alpha value is -9.45. The highest BCUT2D eigenvalue weighted by atomic mass is 35.5. The number of hydrogen-bond donors (Lipinski definition) is 10. The van der Waals surface area contributed by atoms with Crippen LogP contribution >= 0.6 is 11.6 Å². The van der Waals surface area contributed by atoms with E-state index in [9.17, 15) is 49.2 Å². The van der Waals surface area contributed by atoms with Gasteiger partial charge < -0.3 is 75.5 Å². The lowest BCUT2D eigenvalue weighted by molar-refractivity contribution is 0.0848. The van der Waals surface area contributed by atoms with E-state index in [1.807, 2.05) is 82.0 Å². The largest absolute Gasteiger partial charge is 0.467 e. The maximum absolute atomic E-state index is 12.8. The molecule has 22 heteroatoms. The lowest BCUT2D eigenvalue weighted by Gasteiger charge is -2.24. The number of hydrogen-bond acceptors (Lipinski definition) is 15.